The van der Waals surface area contributed by atoms with E-state index in [2.05, 4.69) is 31.6 Å². The van der Waals surface area contributed by atoms with Crippen molar-refractivity contribution >= 4 is 27.6 Å². The van der Waals surface area contributed by atoms with Crippen molar-refractivity contribution in [2.75, 3.05) is 18.4 Å². The summed E-state index contributed by atoms with van der Waals surface area (Å²) in [6.45, 7) is 3.49. The summed E-state index contributed by atoms with van der Waals surface area (Å²) in [5.74, 6) is 0.496. The number of hydrogen-bond donors (Lipinski definition) is 2. The van der Waals surface area contributed by atoms with Gasteiger partial charge in [0.15, 0.2) is 5.96 Å². The molecule has 1 aromatic carbocycles. The van der Waals surface area contributed by atoms with Gasteiger partial charge in [-0.25, -0.2) is 4.39 Å². The number of hydrogen-bond acceptors (Lipinski definition) is 3. The molecule has 0 radical (unpaired) electrons. The van der Waals surface area contributed by atoms with Crippen LogP contribution in [-0.2, 0) is 0 Å². The molecule has 0 spiro atoms. The van der Waals surface area contributed by atoms with Gasteiger partial charge in [0.25, 0.3) is 0 Å². The van der Waals surface area contributed by atoms with Crippen molar-refractivity contribution in [3.05, 3.63) is 28.0 Å². The van der Waals surface area contributed by atoms with Crippen LogP contribution in [-0.4, -0.2) is 19.0 Å². The summed E-state index contributed by atoms with van der Waals surface area (Å²) in [6.07, 6.45) is 0. The highest BCUT2D eigenvalue weighted by molar-refractivity contribution is 9.10. The second-order valence-electron chi connectivity index (χ2n) is 3.36. The van der Waals surface area contributed by atoms with Crippen LogP contribution in [0.3, 0.4) is 0 Å². The third-order valence-electron chi connectivity index (χ3n) is 2.19. The SMILES string of the molecule is Cc1cc(F)c(Br)cc1NC1=NCCN1. The van der Waals surface area contributed by atoms with Crippen LogP contribution in [0.25, 0.3) is 0 Å². The van der Waals surface area contributed by atoms with E-state index in [-0.39, 0.29) is 5.82 Å². The largest absolute Gasteiger partial charge is 0.354 e. The Morgan fingerprint density at radius 1 is 1.53 bits per heavy atom. The molecule has 0 bridgehead atoms. The summed E-state index contributed by atoms with van der Waals surface area (Å²) in [6, 6.07) is 3.20. The Kier molecular flexibility index (Phi) is 2.90. The molecule has 0 aromatic heterocycles. The molecule has 1 aliphatic heterocycles. The predicted molar refractivity (Wildman–Crippen MR) is 62.8 cm³/mol. The highest BCUT2D eigenvalue weighted by Gasteiger charge is 2.09. The van der Waals surface area contributed by atoms with E-state index >= 15 is 0 Å². The molecular formula is C10H11BrFN3. The molecule has 2 rings (SSSR count). The number of nitrogens with one attached hydrogen (secondary N) is 2. The van der Waals surface area contributed by atoms with E-state index in [4.69, 9.17) is 0 Å². The first kappa shape index (κ1) is 10.4. The van der Waals surface area contributed by atoms with Gasteiger partial charge in [-0.1, -0.05) is 0 Å². The molecule has 0 saturated heterocycles. The van der Waals surface area contributed by atoms with Gasteiger partial charge in [0.1, 0.15) is 5.82 Å². The fourth-order valence-electron chi connectivity index (χ4n) is 1.39. The minimum atomic E-state index is -0.251. The Morgan fingerprint density at radius 3 is 3.00 bits per heavy atom. The molecule has 80 valence electrons. The van der Waals surface area contributed by atoms with Crippen molar-refractivity contribution in [2.24, 2.45) is 4.99 Å². The molecule has 5 heteroatoms. The third kappa shape index (κ3) is 2.28. The normalized spacial score (nSPS) is 14.7. The second kappa shape index (κ2) is 4.18. The Bertz CT molecular complexity index is 417. The van der Waals surface area contributed by atoms with Crippen LogP contribution in [0.1, 0.15) is 5.56 Å². The molecule has 1 aliphatic rings. The van der Waals surface area contributed by atoms with E-state index in [9.17, 15) is 4.39 Å². The van der Waals surface area contributed by atoms with Crippen LogP contribution in [0.15, 0.2) is 21.6 Å². The molecular weight excluding hydrogens is 261 g/mol. The van der Waals surface area contributed by atoms with E-state index in [0.717, 1.165) is 30.3 Å². The Labute approximate surface area is 95.9 Å². The lowest BCUT2D eigenvalue weighted by Gasteiger charge is -2.10. The highest BCUT2D eigenvalue weighted by Crippen LogP contribution is 2.24. The summed E-state index contributed by atoms with van der Waals surface area (Å²) in [5, 5.41) is 6.22. The van der Waals surface area contributed by atoms with Crippen molar-refractivity contribution in [1.82, 2.24) is 5.32 Å². The maximum atomic E-state index is 13.2. The third-order valence-corrected chi connectivity index (χ3v) is 2.80. The number of nitrogens with zero attached hydrogens (tertiary/aromatic N) is 1. The monoisotopic (exact) mass is 271 g/mol. The Balaban J connectivity index is 2.24. The van der Waals surface area contributed by atoms with Gasteiger partial charge in [-0.15, -0.1) is 0 Å². The Morgan fingerprint density at radius 2 is 2.33 bits per heavy atom. The van der Waals surface area contributed by atoms with Gasteiger partial charge in [0.05, 0.1) is 11.0 Å². The average Bonchev–Trinajstić information content (AvgIpc) is 2.67. The number of rotatable bonds is 1. The minimum Gasteiger partial charge on any atom is -0.354 e. The van der Waals surface area contributed by atoms with Gasteiger partial charge in [-0.05, 0) is 40.5 Å². The van der Waals surface area contributed by atoms with Crippen LogP contribution in [0, 0.1) is 12.7 Å². The first-order valence-electron chi connectivity index (χ1n) is 4.68. The predicted octanol–water partition coefficient (Wildman–Crippen LogP) is 2.27. The maximum Gasteiger partial charge on any atom is 0.195 e. The van der Waals surface area contributed by atoms with Crippen molar-refractivity contribution in [3.8, 4) is 0 Å². The van der Waals surface area contributed by atoms with Gasteiger partial charge >= 0.3 is 0 Å². The molecule has 0 fully saturated rings. The summed E-state index contributed by atoms with van der Waals surface area (Å²) in [5.41, 5.74) is 1.71. The van der Waals surface area contributed by atoms with Crippen molar-refractivity contribution in [3.63, 3.8) is 0 Å². The van der Waals surface area contributed by atoms with Crippen LogP contribution in [0.4, 0.5) is 10.1 Å². The fourth-order valence-corrected chi connectivity index (χ4v) is 1.73. The van der Waals surface area contributed by atoms with Crippen LogP contribution >= 0.6 is 15.9 Å². The first-order chi connectivity index (χ1) is 7.16. The van der Waals surface area contributed by atoms with Gasteiger partial charge < -0.3 is 10.6 Å². The topological polar surface area (TPSA) is 36.4 Å². The number of benzene rings is 1. The molecule has 3 nitrogen and oxygen atoms in total. The minimum absolute atomic E-state index is 0.251. The van der Waals surface area contributed by atoms with Gasteiger partial charge in [0.2, 0.25) is 0 Å². The number of anilines is 1. The van der Waals surface area contributed by atoms with E-state index in [1.54, 1.807) is 6.07 Å². The van der Waals surface area contributed by atoms with Gasteiger partial charge in [-0.3, -0.25) is 4.99 Å². The lowest BCUT2D eigenvalue weighted by Crippen LogP contribution is -2.26. The number of aliphatic imine (C=N–C) groups is 1. The van der Waals surface area contributed by atoms with Crippen LogP contribution < -0.4 is 10.6 Å². The number of halogens is 2. The Hall–Kier alpha value is -1.10. The lowest BCUT2D eigenvalue weighted by atomic mass is 10.2. The van der Waals surface area contributed by atoms with Gasteiger partial charge in [-0.2, -0.15) is 0 Å². The molecule has 0 saturated carbocycles. The molecule has 1 heterocycles. The van der Waals surface area contributed by atoms with E-state index in [1.165, 1.54) is 6.07 Å². The van der Waals surface area contributed by atoms with E-state index < -0.39 is 0 Å². The number of guanidine groups is 1. The molecule has 0 aliphatic carbocycles. The standard InChI is InChI=1S/C10H11BrFN3/c1-6-4-8(12)7(11)5-9(6)15-10-13-2-3-14-10/h4-5H,2-3H2,1H3,(H2,13,14,15). The average molecular weight is 272 g/mol. The zero-order valence-electron chi connectivity index (χ0n) is 8.27. The van der Waals surface area contributed by atoms with Crippen molar-refractivity contribution in [2.45, 2.75) is 6.92 Å². The fraction of sp³-hybridized carbons (Fsp3) is 0.300. The molecule has 1 aromatic rings. The molecule has 0 atom stereocenters. The lowest BCUT2D eigenvalue weighted by molar-refractivity contribution is 0.620. The quantitative estimate of drug-likeness (QED) is 0.822. The second-order valence-corrected chi connectivity index (χ2v) is 4.22. The van der Waals surface area contributed by atoms with Crippen LogP contribution in [0.5, 0.6) is 0 Å². The maximum absolute atomic E-state index is 13.2. The van der Waals surface area contributed by atoms with Crippen LogP contribution in [0.2, 0.25) is 0 Å². The van der Waals surface area contributed by atoms with Crippen molar-refractivity contribution < 1.29 is 4.39 Å². The zero-order valence-corrected chi connectivity index (χ0v) is 9.86. The summed E-state index contributed by atoms with van der Waals surface area (Å²) in [7, 11) is 0. The summed E-state index contributed by atoms with van der Waals surface area (Å²) >= 11 is 3.15. The van der Waals surface area contributed by atoms with E-state index in [0.29, 0.717) is 4.47 Å². The van der Waals surface area contributed by atoms with Crippen molar-refractivity contribution in [1.29, 1.82) is 0 Å². The summed E-state index contributed by atoms with van der Waals surface area (Å²) < 4.78 is 13.6. The molecule has 0 amide bonds. The summed E-state index contributed by atoms with van der Waals surface area (Å²) in [4.78, 5) is 4.21. The first-order valence-corrected chi connectivity index (χ1v) is 5.47. The number of aryl methyl sites for hydroxylation is 1. The molecule has 2 N–H and O–H groups in total. The van der Waals surface area contributed by atoms with E-state index in [1.807, 2.05) is 6.92 Å². The van der Waals surface area contributed by atoms with Gasteiger partial charge in [0, 0.05) is 12.2 Å². The molecule has 0 unspecified atom stereocenters. The zero-order chi connectivity index (χ0) is 10.8. The highest BCUT2D eigenvalue weighted by atomic mass is 79.9. The smallest absolute Gasteiger partial charge is 0.195 e. The molecule has 15 heavy (non-hydrogen) atoms.